The third-order valence-corrected chi connectivity index (χ3v) is 5.37. The minimum Gasteiger partial charge on any atom is -0.508 e. The van der Waals surface area contributed by atoms with Crippen molar-refractivity contribution in [1.82, 2.24) is 16.0 Å². The van der Waals surface area contributed by atoms with E-state index in [0.29, 0.717) is 18.8 Å². The van der Waals surface area contributed by atoms with Gasteiger partial charge in [-0.15, -0.1) is 0 Å². The minimum absolute atomic E-state index is 0.0763. The summed E-state index contributed by atoms with van der Waals surface area (Å²) in [6.45, 7) is 3.24. The Hall–Kier alpha value is -3.05. The van der Waals surface area contributed by atoms with E-state index in [0.717, 1.165) is 17.5 Å². The number of urea groups is 1. The highest BCUT2D eigenvalue weighted by atomic mass is 16.3. The zero-order valence-electron chi connectivity index (χ0n) is 15.9. The van der Waals surface area contributed by atoms with Gasteiger partial charge < -0.3 is 21.1 Å². The molecule has 28 heavy (non-hydrogen) atoms. The van der Waals surface area contributed by atoms with E-state index in [4.69, 9.17) is 0 Å². The van der Waals surface area contributed by atoms with Gasteiger partial charge in [-0.1, -0.05) is 42.5 Å². The standard InChI is InChI=1S/C23H25N3O2/c1-15(17-7-6-16-4-2-3-5-18(16)10-17)26-23(28)25-14-21-11-19-8-9-22(27)12-20(19)13-24-21/h2-10,12,15,21,24,27H,11,13-14H2,1H3,(H2,25,26,28). The van der Waals surface area contributed by atoms with Crippen molar-refractivity contribution in [3.63, 3.8) is 0 Å². The third kappa shape index (κ3) is 4.10. The average Bonchev–Trinajstić information content (AvgIpc) is 2.71. The Bertz CT molecular complexity index is 1000. The van der Waals surface area contributed by atoms with Crippen molar-refractivity contribution < 1.29 is 9.90 Å². The Kier molecular flexibility index (Phi) is 5.17. The molecule has 1 heterocycles. The smallest absolute Gasteiger partial charge is 0.315 e. The first-order valence-corrected chi connectivity index (χ1v) is 9.66. The van der Waals surface area contributed by atoms with Gasteiger partial charge in [-0.25, -0.2) is 4.79 Å². The maximum Gasteiger partial charge on any atom is 0.315 e. The normalized spacial score (nSPS) is 17.0. The van der Waals surface area contributed by atoms with Crippen LogP contribution < -0.4 is 16.0 Å². The Balaban J connectivity index is 1.31. The summed E-state index contributed by atoms with van der Waals surface area (Å²) >= 11 is 0. The lowest BCUT2D eigenvalue weighted by atomic mass is 9.95. The maximum absolute atomic E-state index is 12.3. The zero-order valence-corrected chi connectivity index (χ0v) is 15.9. The van der Waals surface area contributed by atoms with Gasteiger partial charge in [-0.3, -0.25) is 0 Å². The second-order valence-electron chi connectivity index (χ2n) is 7.42. The van der Waals surface area contributed by atoms with Crippen LogP contribution in [0.1, 0.15) is 29.7 Å². The lowest BCUT2D eigenvalue weighted by molar-refractivity contribution is 0.236. The highest BCUT2D eigenvalue weighted by Crippen LogP contribution is 2.22. The first-order chi connectivity index (χ1) is 13.6. The lowest BCUT2D eigenvalue weighted by Gasteiger charge is -2.27. The summed E-state index contributed by atoms with van der Waals surface area (Å²) in [5.74, 6) is 0.291. The van der Waals surface area contributed by atoms with Crippen LogP contribution >= 0.6 is 0 Å². The summed E-state index contributed by atoms with van der Waals surface area (Å²) in [7, 11) is 0. The van der Waals surface area contributed by atoms with Crippen LogP contribution in [0.25, 0.3) is 10.8 Å². The molecule has 0 fully saturated rings. The van der Waals surface area contributed by atoms with Gasteiger partial charge in [-0.05, 0) is 59.0 Å². The van der Waals surface area contributed by atoms with E-state index >= 15 is 0 Å². The summed E-state index contributed by atoms with van der Waals surface area (Å²) in [4.78, 5) is 12.3. The number of amides is 2. The SMILES string of the molecule is CC(NC(=O)NCC1Cc2ccc(O)cc2CN1)c1ccc2ccccc2c1. The number of nitrogens with one attached hydrogen (secondary N) is 3. The minimum atomic E-state index is -0.168. The summed E-state index contributed by atoms with van der Waals surface area (Å²) < 4.78 is 0. The van der Waals surface area contributed by atoms with E-state index in [-0.39, 0.29) is 18.1 Å². The number of aromatic hydroxyl groups is 1. The van der Waals surface area contributed by atoms with Gasteiger partial charge in [0.2, 0.25) is 0 Å². The van der Waals surface area contributed by atoms with E-state index in [9.17, 15) is 9.90 Å². The van der Waals surface area contributed by atoms with Crippen molar-refractivity contribution in [2.24, 2.45) is 0 Å². The van der Waals surface area contributed by atoms with Crippen molar-refractivity contribution in [3.8, 4) is 5.75 Å². The molecule has 0 spiro atoms. The molecule has 2 atom stereocenters. The van der Waals surface area contributed by atoms with Crippen molar-refractivity contribution in [2.75, 3.05) is 6.54 Å². The van der Waals surface area contributed by atoms with Gasteiger partial charge >= 0.3 is 6.03 Å². The van der Waals surface area contributed by atoms with Crippen LogP contribution in [0.3, 0.4) is 0 Å². The zero-order chi connectivity index (χ0) is 19.5. The predicted octanol–water partition coefficient (Wildman–Crippen LogP) is 3.62. The van der Waals surface area contributed by atoms with Gasteiger partial charge in [-0.2, -0.15) is 0 Å². The van der Waals surface area contributed by atoms with Crippen LogP contribution in [0.4, 0.5) is 4.79 Å². The Morgan fingerprint density at radius 3 is 2.79 bits per heavy atom. The molecule has 5 nitrogen and oxygen atoms in total. The number of carbonyl (C=O) groups is 1. The molecule has 0 aliphatic carbocycles. The second kappa shape index (κ2) is 7.90. The number of hydrogen-bond donors (Lipinski definition) is 4. The molecule has 2 unspecified atom stereocenters. The van der Waals surface area contributed by atoms with E-state index in [2.05, 4.69) is 46.3 Å². The van der Waals surface area contributed by atoms with Crippen molar-refractivity contribution in [1.29, 1.82) is 0 Å². The monoisotopic (exact) mass is 375 g/mol. The molecule has 4 rings (SSSR count). The summed E-state index contributed by atoms with van der Waals surface area (Å²) in [6.07, 6.45) is 0.829. The molecule has 3 aromatic rings. The van der Waals surface area contributed by atoms with Gasteiger partial charge in [0.05, 0.1) is 6.04 Å². The van der Waals surface area contributed by atoms with Gasteiger partial charge in [0.25, 0.3) is 0 Å². The van der Waals surface area contributed by atoms with Crippen LogP contribution in [0.5, 0.6) is 5.75 Å². The fourth-order valence-electron chi connectivity index (χ4n) is 3.74. The van der Waals surface area contributed by atoms with Gasteiger partial charge in [0, 0.05) is 19.1 Å². The number of benzene rings is 3. The molecule has 2 amide bonds. The van der Waals surface area contributed by atoms with E-state index in [1.807, 2.05) is 25.1 Å². The maximum atomic E-state index is 12.3. The predicted molar refractivity (Wildman–Crippen MR) is 111 cm³/mol. The van der Waals surface area contributed by atoms with Crippen molar-refractivity contribution in [2.45, 2.75) is 32.0 Å². The molecule has 0 bridgehead atoms. The van der Waals surface area contributed by atoms with Crippen LogP contribution in [0.15, 0.2) is 60.7 Å². The van der Waals surface area contributed by atoms with E-state index in [1.54, 1.807) is 12.1 Å². The number of phenols is 1. The summed E-state index contributed by atoms with van der Waals surface area (Å²) in [5, 5.41) is 21.3. The van der Waals surface area contributed by atoms with Crippen LogP contribution in [0, 0.1) is 0 Å². The lowest BCUT2D eigenvalue weighted by Crippen LogP contribution is -2.47. The van der Waals surface area contributed by atoms with Crippen LogP contribution in [-0.2, 0) is 13.0 Å². The molecular formula is C23H25N3O2. The molecule has 1 aliphatic rings. The average molecular weight is 375 g/mol. The largest absolute Gasteiger partial charge is 0.508 e. The summed E-state index contributed by atoms with van der Waals surface area (Å²) in [5.41, 5.74) is 3.41. The van der Waals surface area contributed by atoms with E-state index < -0.39 is 0 Å². The van der Waals surface area contributed by atoms with Crippen LogP contribution in [-0.4, -0.2) is 23.7 Å². The first-order valence-electron chi connectivity index (χ1n) is 9.66. The number of hydrogen-bond acceptors (Lipinski definition) is 3. The molecule has 4 N–H and O–H groups in total. The molecule has 3 aromatic carbocycles. The number of carbonyl (C=O) groups excluding carboxylic acids is 1. The Morgan fingerprint density at radius 2 is 1.93 bits per heavy atom. The quantitative estimate of drug-likeness (QED) is 0.563. The molecule has 1 aliphatic heterocycles. The fourth-order valence-corrected chi connectivity index (χ4v) is 3.74. The molecule has 0 saturated carbocycles. The molecular weight excluding hydrogens is 350 g/mol. The number of rotatable bonds is 4. The number of phenolic OH excluding ortho intramolecular Hbond substituents is 1. The van der Waals surface area contributed by atoms with Gasteiger partial charge in [0.15, 0.2) is 0 Å². The Labute approximate surface area is 164 Å². The topological polar surface area (TPSA) is 73.4 Å². The first kappa shape index (κ1) is 18.3. The molecule has 144 valence electrons. The molecule has 0 aromatic heterocycles. The van der Waals surface area contributed by atoms with E-state index in [1.165, 1.54) is 16.3 Å². The summed E-state index contributed by atoms with van der Waals surface area (Å²) in [6, 6.07) is 19.9. The van der Waals surface area contributed by atoms with Crippen molar-refractivity contribution in [3.05, 3.63) is 77.4 Å². The highest BCUT2D eigenvalue weighted by Gasteiger charge is 2.19. The number of fused-ring (bicyclic) bond motifs is 2. The third-order valence-electron chi connectivity index (χ3n) is 5.37. The van der Waals surface area contributed by atoms with Crippen LogP contribution in [0.2, 0.25) is 0 Å². The second-order valence-corrected chi connectivity index (χ2v) is 7.42. The van der Waals surface area contributed by atoms with Crippen molar-refractivity contribution >= 4 is 16.8 Å². The molecule has 0 radical (unpaired) electrons. The molecule has 5 heteroatoms. The Morgan fingerprint density at radius 1 is 1.11 bits per heavy atom. The molecule has 0 saturated heterocycles. The fraction of sp³-hybridized carbons (Fsp3) is 0.261. The highest BCUT2D eigenvalue weighted by molar-refractivity contribution is 5.83. The van der Waals surface area contributed by atoms with Gasteiger partial charge in [0.1, 0.15) is 5.75 Å².